The third-order valence-electron chi connectivity index (χ3n) is 6.95. The van der Waals surface area contributed by atoms with Crippen molar-refractivity contribution in [3.63, 3.8) is 0 Å². The maximum absolute atomic E-state index is 11.2. The lowest BCUT2D eigenvalue weighted by Gasteiger charge is -2.06. The Morgan fingerprint density at radius 2 is 0.578 bits per heavy atom. The zero-order valence-electron chi connectivity index (χ0n) is 25.8. The molecule has 0 bridgehead atoms. The summed E-state index contributed by atoms with van der Waals surface area (Å²) in [6, 6.07) is 55.3. The predicted octanol–water partition coefficient (Wildman–Crippen LogP) is 10.2. The fourth-order valence-corrected chi connectivity index (χ4v) is 6.11. The third-order valence-corrected chi connectivity index (χ3v) is 9.90. The quantitative estimate of drug-likeness (QED) is 0.169. The van der Waals surface area contributed by atoms with Crippen molar-refractivity contribution in [2.45, 2.75) is 14.7 Å². The summed E-state index contributed by atoms with van der Waals surface area (Å²) in [6.07, 6.45) is 5.51. The van der Waals surface area contributed by atoms with E-state index in [2.05, 4.69) is 97.1 Å². The summed E-state index contributed by atoms with van der Waals surface area (Å²) >= 11 is 0. The molecule has 0 aliphatic heterocycles. The molecule has 45 heavy (non-hydrogen) atoms. The molecule has 0 aromatic heterocycles. The zero-order chi connectivity index (χ0) is 32.0. The smallest absolute Gasteiger partial charge is 0.0498 e. The van der Waals surface area contributed by atoms with Gasteiger partial charge in [0.15, 0.2) is 0 Å². The van der Waals surface area contributed by atoms with E-state index in [1.165, 1.54) is 32.7 Å². The topological polar surface area (TPSA) is 34.1 Å². The average molecular weight is 647 g/mol. The highest BCUT2D eigenvalue weighted by atomic mass is 32.2. The van der Waals surface area contributed by atoms with Gasteiger partial charge in [0.25, 0.3) is 0 Å². The molecule has 0 saturated heterocycles. The summed E-state index contributed by atoms with van der Waals surface area (Å²) in [6.45, 7) is 0. The largest absolute Gasteiger partial charge is 0.255 e. The van der Waals surface area contributed by atoms with E-state index < -0.39 is 21.6 Å². The maximum Gasteiger partial charge on any atom is 0.0498 e. The van der Waals surface area contributed by atoms with E-state index in [-0.39, 0.29) is 10.5 Å². The summed E-state index contributed by atoms with van der Waals surface area (Å²) in [5.74, 6) is 4.08. The van der Waals surface area contributed by atoms with Crippen LogP contribution in [0.2, 0.25) is 0 Å². The molecular weight excluding hydrogens is 609 g/mol. The van der Waals surface area contributed by atoms with Gasteiger partial charge in [0.05, 0.1) is 0 Å². The Labute approximate surface area is 275 Å². The molecule has 2 nitrogen and oxygen atoms in total. The van der Waals surface area contributed by atoms with Crippen molar-refractivity contribution in [1.29, 1.82) is 0 Å². The lowest BCUT2D eigenvalue weighted by atomic mass is 10.0. The molecule has 0 amide bonds. The number of hydrogen-bond acceptors (Lipinski definition) is 2. The van der Waals surface area contributed by atoms with E-state index in [1.54, 1.807) is 12.5 Å². The van der Waals surface area contributed by atoms with Gasteiger partial charge in [-0.15, -0.1) is 0 Å². The van der Waals surface area contributed by atoms with Crippen molar-refractivity contribution in [3.05, 3.63) is 164 Å². The molecule has 3 unspecified atom stereocenters. The Morgan fingerprint density at radius 3 is 0.867 bits per heavy atom. The number of hydrogen-bond donors (Lipinski definition) is 0. The number of benzene rings is 6. The van der Waals surface area contributed by atoms with Crippen LogP contribution in [0.3, 0.4) is 0 Å². The molecule has 228 valence electrons. The van der Waals surface area contributed by atoms with Gasteiger partial charge in [-0.1, -0.05) is 133 Å². The lowest BCUT2D eigenvalue weighted by Crippen LogP contribution is -1.86. The molecule has 0 heterocycles. The van der Waals surface area contributed by atoms with Gasteiger partial charge < -0.3 is 0 Å². The summed E-state index contributed by atoms with van der Waals surface area (Å²) in [5, 5.41) is 0. The minimum atomic E-state index is -0.894. The van der Waals surface area contributed by atoms with Crippen LogP contribution in [0.25, 0.3) is 33.4 Å². The second kappa shape index (κ2) is 17.4. The predicted molar refractivity (Wildman–Crippen MR) is 199 cm³/mol. The number of rotatable bonds is 6. The highest BCUT2D eigenvalue weighted by Gasteiger charge is 2.01. The molecule has 3 atom stereocenters. The minimum Gasteiger partial charge on any atom is -0.255 e. The van der Waals surface area contributed by atoms with Crippen molar-refractivity contribution >= 4 is 38.0 Å². The lowest BCUT2D eigenvalue weighted by molar-refractivity contribution is 0.686. The van der Waals surface area contributed by atoms with Gasteiger partial charge >= 0.3 is 0 Å². The third kappa shape index (κ3) is 10.5. The Bertz CT molecular complexity index is 1820. The van der Waals surface area contributed by atoms with Crippen molar-refractivity contribution in [2.75, 3.05) is 18.8 Å². The Morgan fingerprint density at radius 1 is 0.333 bits per heavy atom. The Balaban J connectivity index is 0.000000167. The zero-order valence-corrected chi connectivity index (χ0v) is 28.3. The van der Waals surface area contributed by atoms with Crippen LogP contribution in [0.1, 0.15) is 0 Å². The molecule has 5 heteroatoms. The van der Waals surface area contributed by atoms with Crippen LogP contribution < -0.4 is 0 Å². The van der Waals surface area contributed by atoms with E-state index in [9.17, 15) is 8.42 Å². The summed E-state index contributed by atoms with van der Waals surface area (Å²) in [5.41, 5.74) is 7.36. The van der Waals surface area contributed by atoms with Crippen molar-refractivity contribution in [1.82, 2.24) is 0 Å². The molecule has 6 aromatic carbocycles. The van der Waals surface area contributed by atoms with Gasteiger partial charge in [-0.2, -0.15) is 10.5 Å². The van der Waals surface area contributed by atoms with Crippen molar-refractivity contribution < 1.29 is 8.42 Å². The van der Waals surface area contributed by atoms with Gasteiger partial charge in [0.2, 0.25) is 0 Å². The molecule has 0 radical (unpaired) electrons. The molecule has 0 aliphatic rings. The van der Waals surface area contributed by atoms with Gasteiger partial charge in [0.1, 0.15) is 0 Å². The fourth-order valence-electron chi connectivity index (χ4n) is 4.45. The molecule has 0 spiro atoms. The molecule has 0 N–H and O–H groups in total. The molecular formula is C40H38O2S3. The van der Waals surface area contributed by atoms with E-state index in [0.29, 0.717) is 0 Å². The van der Waals surface area contributed by atoms with E-state index in [4.69, 9.17) is 0 Å². The van der Waals surface area contributed by atoms with Gasteiger partial charge in [-0.05, 0) is 76.0 Å². The van der Waals surface area contributed by atoms with Crippen molar-refractivity contribution in [3.8, 4) is 33.4 Å². The first kappa shape index (κ1) is 33.7. The Kier molecular flexibility index (Phi) is 13.0. The van der Waals surface area contributed by atoms with Crippen LogP contribution in [0, 0.1) is 0 Å². The van der Waals surface area contributed by atoms with E-state index >= 15 is 0 Å². The van der Waals surface area contributed by atoms with Crippen LogP contribution in [0.15, 0.2) is 178 Å². The van der Waals surface area contributed by atoms with Crippen LogP contribution in [-0.2, 0) is 21.6 Å². The van der Waals surface area contributed by atoms with E-state index in [1.807, 2.05) is 78.9 Å². The van der Waals surface area contributed by atoms with Gasteiger partial charge in [-0.25, -0.2) is 0 Å². The fraction of sp³-hybridized carbons (Fsp3) is 0.0750. The standard InChI is InChI=1S/C20H18S.C13H12OS.C7H8OS/c1-21(2)20-14-12-19(13-15-20)18-10-8-17(9-11-18)16-6-4-3-5-7-16;1-15(14)13-9-7-12(8-10-13)11-5-3-2-4-6-11;1-9(8)7-5-3-2-4-6-7/h3-15H,1H2,2H3;2-10H,1H3;2-6H,1H3. The monoisotopic (exact) mass is 646 g/mol. The second-order valence-electron chi connectivity index (χ2n) is 10.2. The highest BCUT2D eigenvalue weighted by Crippen LogP contribution is 2.28. The molecule has 6 aromatic rings. The van der Waals surface area contributed by atoms with Crippen LogP contribution in [0.5, 0.6) is 0 Å². The van der Waals surface area contributed by atoms with Gasteiger partial charge in [0, 0.05) is 48.8 Å². The van der Waals surface area contributed by atoms with Crippen LogP contribution in [-0.4, -0.2) is 33.1 Å². The molecule has 0 fully saturated rings. The highest BCUT2D eigenvalue weighted by molar-refractivity contribution is 8.13. The minimum absolute atomic E-state index is 0.0778. The normalized spacial score (nSPS) is 12.3. The average Bonchev–Trinajstić information content (AvgIpc) is 3.10. The van der Waals surface area contributed by atoms with Crippen LogP contribution in [0.4, 0.5) is 0 Å². The maximum atomic E-state index is 11.2. The molecule has 0 aliphatic carbocycles. The first-order chi connectivity index (χ1) is 21.8. The summed E-state index contributed by atoms with van der Waals surface area (Å²) in [7, 11) is -1.64. The van der Waals surface area contributed by atoms with Gasteiger partial charge in [-0.3, -0.25) is 8.42 Å². The summed E-state index contributed by atoms with van der Waals surface area (Å²) in [4.78, 5) is 3.06. The molecule has 6 rings (SSSR count). The molecule has 0 saturated carbocycles. The van der Waals surface area contributed by atoms with E-state index in [0.717, 1.165) is 15.4 Å². The van der Waals surface area contributed by atoms with Crippen molar-refractivity contribution in [2.24, 2.45) is 0 Å². The first-order valence-electron chi connectivity index (χ1n) is 14.4. The SMILES string of the molecule is C=S(C)c1ccc(-c2ccc(-c3ccccc3)cc2)cc1.CS(=O)c1ccc(-c2ccccc2)cc1.CS(=O)c1ccccc1. The first-order valence-corrected chi connectivity index (χ1v) is 19.3. The van der Waals surface area contributed by atoms with Crippen LogP contribution >= 0.6 is 10.5 Å². The Hall–Kier alpha value is -4.16. The summed E-state index contributed by atoms with van der Waals surface area (Å²) < 4.78 is 22.0. The second-order valence-corrected chi connectivity index (χ2v) is 14.7.